The van der Waals surface area contributed by atoms with E-state index in [1.54, 1.807) is 0 Å². The van der Waals surface area contributed by atoms with Gasteiger partial charge in [0.15, 0.2) is 5.69 Å². The molecular formula is C21H25N3O2. The number of hydrogen-bond donors (Lipinski definition) is 2. The molecule has 0 bridgehead atoms. The van der Waals surface area contributed by atoms with Crippen molar-refractivity contribution in [3.63, 3.8) is 0 Å². The lowest BCUT2D eigenvalue weighted by molar-refractivity contribution is 0.285. The molecule has 2 N–H and O–H groups in total. The highest BCUT2D eigenvalue weighted by atomic mass is 16.3. The minimum atomic E-state index is 0.192. The molecule has 0 fully saturated rings. The highest BCUT2D eigenvalue weighted by molar-refractivity contribution is 5.94. The maximum absolute atomic E-state index is 9.14. The minimum Gasteiger partial charge on any atom is -0.396 e. The lowest BCUT2D eigenvalue weighted by Gasteiger charge is -2.40. The summed E-state index contributed by atoms with van der Waals surface area (Å²) in [6.07, 6.45) is 3.32. The van der Waals surface area contributed by atoms with E-state index in [-0.39, 0.29) is 13.2 Å². The monoisotopic (exact) mass is 351 g/mol. The summed E-state index contributed by atoms with van der Waals surface area (Å²) in [6.45, 7) is 9.38. The van der Waals surface area contributed by atoms with E-state index >= 15 is 0 Å². The fourth-order valence-corrected chi connectivity index (χ4v) is 3.45. The molecule has 0 amide bonds. The van der Waals surface area contributed by atoms with E-state index in [4.69, 9.17) is 16.8 Å². The summed E-state index contributed by atoms with van der Waals surface area (Å²) < 4.78 is 0. The number of hydrogen-bond acceptors (Lipinski definition) is 4. The van der Waals surface area contributed by atoms with Crippen LogP contribution in [0.25, 0.3) is 4.85 Å². The number of nitrogens with zero attached hydrogens (tertiary/aromatic N) is 3. The van der Waals surface area contributed by atoms with Crippen LogP contribution in [0.1, 0.15) is 25.7 Å². The van der Waals surface area contributed by atoms with E-state index in [9.17, 15) is 0 Å². The van der Waals surface area contributed by atoms with Crippen LogP contribution >= 0.6 is 0 Å². The van der Waals surface area contributed by atoms with Crippen molar-refractivity contribution >= 4 is 28.4 Å². The van der Waals surface area contributed by atoms with Crippen LogP contribution in [0, 0.1) is 6.57 Å². The van der Waals surface area contributed by atoms with Gasteiger partial charge in [0.2, 0.25) is 0 Å². The number of para-hydroxylation sites is 2. The van der Waals surface area contributed by atoms with E-state index in [2.05, 4.69) is 26.8 Å². The highest BCUT2D eigenvalue weighted by Crippen LogP contribution is 2.49. The van der Waals surface area contributed by atoms with Gasteiger partial charge in [-0.1, -0.05) is 18.2 Å². The number of rotatable bonds is 8. The predicted octanol–water partition coefficient (Wildman–Crippen LogP) is 4.37. The Morgan fingerprint density at radius 3 is 1.81 bits per heavy atom. The molecule has 0 saturated carbocycles. The average Bonchev–Trinajstić information content (AvgIpc) is 2.69. The Balaban J connectivity index is 2.03. The van der Waals surface area contributed by atoms with E-state index < -0.39 is 0 Å². The molecule has 0 unspecified atom stereocenters. The molecule has 0 aliphatic carbocycles. The van der Waals surface area contributed by atoms with Crippen molar-refractivity contribution in [2.24, 2.45) is 0 Å². The molecule has 5 nitrogen and oxygen atoms in total. The summed E-state index contributed by atoms with van der Waals surface area (Å²) >= 11 is 0. The molecule has 3 rings (SSSR count). The number of aliphatic hydroxyl groups excluding tert-OH is 2. The van der Waals surface area contributed by atoms with Crippen molar-refractivity contribution in [1.82, 2.24) is 0 Å². The molecule has 1 aliphatic rings. The van der Waals surface area contributed by atoms with Crippen molar-refractivity contribution in [2.75, 3.05) is 36.1 Å². The Kier molecular flexibility index (Phi) is 6.11. The van der Waals surface area contributed by atoms with Crippen molar-refractivity contribution < 1.29 is 10.2 Å². The number of aliphatic hydroxyl groups is 2. The molecule has 0 aromatic heterocycles. The molecule has 2 aromatic rings. The number of fused-ring (bicyclic) bond motifs is 2. The van der Waals surface area contributed by atoms with Gasteiger partial charge in [0.05, 0.1) is 29.3 Å². The van der Waals surface area contributed by atoms with Gasteiger partial charge in [0.1, 0.15) is 0 Å². The normalized spacial score (nSPS) is 12.5. The Hall–Kier alpha value is -2.55. The van der Waals surface area contributed by atoms with Crippen LogP contribution in [0.2, 0.25) is 0 Å². The van der Waals surface area contributed by atoms with E-state index in [0.29, 0.717) is 5.69 Å². The van der Waals surface area contributed by atoms with Gasteiger partial charge in [-0.3, -0.25) is 0 Å². The van der Waals surface area contributed by atoms with Crippen LogP contribution in [-0.4, -0.2) is 36.5 Å². The van der Waals surface area contributed by atoms with Gasteiger partial charge in [-0.05, 0) is 49.9 Å². The van der Waals surface area contributed by atoms with Gasteiger partial charge in [0, 0.05) is 26.3 Å². The van der Waals surface area contributed by atoms with Gasteiger partial charge in [-0.25, -0.2) is 4.85 Å². The largest absolute Gasteiger partial charge is 0.396 e. The van der Waals surface area contributed by atoms with E-state index in [1.165, 1.54) is 0 Å². The second-order valence-corrected chi connectivity index (χ2v) is 6.44. The quantitative estimate of drug-likeness (QED) is 0.548. The zero-order chi connectivity index (χ0) is 18.4. The lowest BCUT2D eigenvalue weighted by atomic mass is 10.1. The summed E-state index contributed by atoms with van der Waals surface area (Å²) in [7, 11) is 0. The van der Waals surface area contributed by atoms with Crippen molar-refractivity contribution in [1.29, 1.82) is 0 Å². The summed E-state index contributed by atoms with van der Waals surface area (Å²) in [4.78, 5) is 8.15. The van der Waals surface area contributed by atoms with Crippen molar-refractivity contribution in [3.8, 4) is 0 Å². The highest BCUT2D eigenvalue weighted by Gasteiger charge is 2.27. The van der Waals surface area contributed by atoms with Gasteiger partial charge in [-0.15, -0.1) is 0 Å². The smallest absolute Gasteiger partial charge is 0.189 e. The minimum absolute atomic E-state index is 0.192. The molecule has 0 spiro atoms. The van der Waals surface area contributed by atoms with Gasteiger partial charge < -0.3 is 20.0 Å². The maximum atomic E-state index is 9.14. The Bertz CT molecular complexity index is 785. The predicted molar refractivity (Wildman–Crippen MR) is 106 cm³/mol. The van der Waals surface area contributed by atoms with Crippen LogP contribution in [0.3, 0.4) is 0 Å². The molecule has 26 heavy (non-hydrogen) atoms. The zero-order valence-corrected chi connectivity index (χ0v) is 14.9. The molecule has 0 atom stereocenters. The van der Waals surface area contributed by atoms with Crippen LogP contribution in [0.15, 0.2) is 42.5 Å². The summed E-state index contributed by atoms with van der Waals surface area (Å²) in [5.74, 6) is 0. The fourth-order valence-electron chi connectivity index (χ4n) is 3.45. The first-order chi connectivity index (χ1) is 12.8. The molecular weight excluding hydrogens is 326 g/mol. The molecule has 5 heteroatoms. The second-order valence-electron chi connectivity index (χ2n) is 6.44. The molecule has 0 radical (unpaired) electrons. The number of benzene rings is 2. The summed E-state index contributed by atoms with van der Waals surface area (Å²) in [5, 5.41) is 18.3. The molecule has 0 saturated heterocycles. The molecule has 1 aliphatic heterocycles. The molecule has 1 heterocycles. The Labute approximate surface area is 154 Å². The van der Waals surface area contributed by atoms with Crippen LogP contribution in [0.4, 0.5) is 28.4 Å². The van der Waals surface area contributed by atoms with Crippen LogP contribution < -0.4 is 9.80 Å². The summed E-state index contributed by atoms with van der Waals surface area (Å²) in [5.41, 5.74) is 5.05. The SMILES string of the molecule is [C-]#[N+]c1ccc2c(c1)N(CCCCO)c1ccccc1N2CCCCO. The fraction of sp³-hybridized carbons (Fsp3) is 0.381. The van der Waals surface area contributed by atoms with Crippen LogP contribution in [-0.2, 0) is 0 Å². The maximum Gasteiger partial charge on any atom is 0.189 e. The van der Waals surface area contributed by atoms with E-state index in [1.807, 2.05) is 30.3 Å². The molecule has 2 aromatic carbocycles. The lowest BCUT2D eigenvalue weighted by Crippen LogP contribution is -2.31. The van der Waals surface area contributed by atoms with Crippen molar-refractivity contribution in [2.45, 2.75) is 25.7 Å². The third kappa shape index (κ3) is 3.67. The Morgan fingerprint density at radius 2 is 1.27 bits per heavy atom. The molecule has 136 valence electrons. The first-order valence-electron chi connectivity index (χ1n) is 9.17. The second kappa shape index (κ2) is 8.70. The van der Waals surface area contributed by atoms with E-state index in [0.717, 1.165) is 61.5 Å². The zero-order valence-electron chi connectivity index (χ0n) is 14.9. The Morgan fingerprint density at radius 1 is 0.731 bits per heavy atom. The van der Waals surface area contributed by atoms with Crippen molar-refractivity contribution in [3.05, 3.63) is 53.9 Å². The number of anilines is 4. The first kappa shape index (κ1) is 18.2. The van der Waals surface area contributed by atoms with Gasteiger partial charge >= 0.3 is 0 Å². The standard InChI is InChI=1S/C21H25N3O2/c1-22-17-10-11-20-21(16-17)24(13-5-7-15-26)19-9-3-2-8-18(19)23(20)12-4-6-14-25/h2-3,8-11,16,25-26H,4-7,12-15H2. The third-order valence-corrected chi connectivity index (χ3v) is 4.71. The topological polar surface area (TPSA) is 51.3 Å². The summed E-state index contributed by atoms with van der Waals surface area (Å²) in [6, 6.07) is 14.2. The first-order valence-corrected chi connectivity index (χ1v) is 9.17. The average molecular weight is 351 g/mol. The third-order valence-electron chi connectivity index (χ3n) is 4.71. The van der Waals surface area contributed by atoms with Gasteiger partial charge in [-0.2, -0.15) is 0 Å². The van der Waals surface area contributed by atoms with Crippen LogP contribution in [0.5, 0.6) is 0 Å². The number of unbranched alkanes of at least 4 members (excludes halogenated alkanes) is 2. The van der Waals surface area contributed by atoms with Gasteiger partial charge in [0.25, 0.3) is 0 Å².